The quantitative estimate of drug-likeness (QED) is 0.577. The van der Waals surface area contributed by atoms with Crippen LogP contribution in [0.5, 0.6) is 0 Å². The Kier molecular flexibility index (Phi) is 7.28. The number of nitrogens with zero attached hydrogens (tertiary/aromatic N) is 4. The summed E-state index contributed by atoms with van der Waals surface area (Å²) in [6.07, 6.45) is 0.809. The molecule has 0 spiro atoms. The van der Waals surface area contributed by atoms with Gasteiger partial charge in [-0.1, -0.05) is 23.7 Å². The lowest BCUT2D eigenvalue weighted by Crippen LogP contribution is -2.55. The molecule has 1 aliphatic heterocycles. The highest BCUT2D eigenvalue weighted by molar-refractivity contribution is 7.09. The van der Waals surface area contributed by atoms with Crippen LogP contribution in [0.15, 0.2) is 34.6 Å². The van der Waals surface area contributed by atoms with Crippen molar-refractivity contribution in [2.24, 2.45) is 4.99 Å². The Morgan fingerprint density at radius 2 is 2.11 bits per heavy atom. The van der Waals surface area contributed by atoms with Gasteiger partial charge in [-0.2, -0.15) is 0 Å². The number of carbonyl (C=O) groups excluding carboxylic acids is 1. The van der Waals surface area contributed by atoms with Crippen molar-refractivity contribution in [2.45, 2.75) is 26.8 Å². The van der Waals surface area contributed by atoms with E-state index in [2.05, 4.69) is 15.7 Å². The van der Waals surface area contributed by atoms with Gasteiger partial charge in [0.25, 0.3) is 0 Å². The van der Waals surface area contributed by atoms with E-state index in [1.54, 1.807) is 11.3 Å². The third kappa shape index (κ3) is 5.69. The zero-order chi connectivity index (χ0) is 19.9. The number of nitrogens with one attached hydrogen (secondary N) is 1. The van der Waals surface area contributed by atoms with Crippen LogP contribution in [0.2, 0.25) is 5.02 Å². The van der Waals surface area contributed by atoms with Crippen LogP contribution in [0.1, 0.15) is 23.2 Å². The fourth-order valence-corrected chi connectivity index (χ4v) is 3.87. The highest BCUT2D eigenvalue weighted by Crippen LogP contribution is 2.14. The number of thiazole rings is 1. The highest BCUT2D eigenvalue weighted by atomic mass is 35.5. The molecule has 3 rings (SSSR count). The summed E-state index contributed by atoms with van der Waals surface area (Å²) in [5.41, 5.74) is 2.16. The van der Waals surface area contributed by atoms with Gasteiger partial charge in [0.1, 0.15) is 0 Å². The lowest BCUT2D eigenvalue weighted by Gasteiger charge is -2.36. The molecule has 1 aromatic heterocycles. The van der Waals surface area contributed by atoms with Crippen LogP contribution < -0.4 is 5.32 Å². The van der Waals surface area contributed by atoms with Crippen LogP contribution in [0, 0.1) is 6.92 Å². The van der Waals surface area contributed by atoms with Crippen molar-refractivity contribution in [1.82, 2.24) is 20.1 Å². The number of carbonyl (C=O) groups is 1. The molecule has 0 atom stereocenters. The molecular weight excluding hydrogens is 394 g/mol. The van der Waals surface area contributed by atoms with Gasteiger partial charge in [0.15, 0.2) is 5.96 Å². The van der Waals surface area contributed by atoms with E-state index < -0.39 is 0 Å². The maximum Gasteiger partial charge on any atom is 0.242 e. The zero-order valence-electron chi connectivity index (χ0n) is 16.3. The first kappa shape index (κ1) is 20.6. The van der Waals surface area contributed by atoms with E-state index in [0.29, 0.717) is 31.2 Å². The molecule has 1 N–H and O–H groups in total. The summed E-state index contributed by atoms with van der Waals surface area (Å²) in [7, 11) is 0. The Morgan fingerprint density at radius 3 is 2.75 bits per heavy atom. The normalized spacial score (nSPS) is 15.2. The maximum atomic E-state index is 12.6. The minimum atomic E-state index is 0.113. The summed E-state index contributed by atoms with van der Waals surface area (Å²) in [5, 5.41) is 7.17. The van der Waals surface area contributed by atoms with Crippen molar-refractivity contribution >= 4 is 34.8 Å². The predicted octanol–water partition coefficient (Wildman–Crippen LogP) is 2.96. The number of aliphatic imine (C=N–C) groups is 1. The van der Waals surface area contributed by atoms with Crippen LogP contribution in [0.4, 0.5) is 0 Å². The number of aromatic nitrogens is 1. The largest absolute Gasteiger partial charge is 0.357 e. The molecule has 8 heteroatoms. The van der Waals surface area contributed by atoms with Crippen molar-refractivity contribution in [3.8, 4) is 0 Å². The summed E-state index contributed by atoms with van der Waals surface area (Å²) in [4.78, 5) is 25.8. The van der Waals surface area contributed by atoms with Gasteiger partial charge in [0.2, 0.25) is 5.91 Å². The molecule has 1 fully saturated rings. The zero-order valence-corrected chi connectivity index (χ0v) is 17.9. The molecule has 0 aliphatic carbocycles. The third-order valence-corrected chi connectivity index (χ3v) is 5.61. The summed E-state index contributed by atoms with van der Waals surface area (Å²) in [6, 6.07) is 7.65. The summed E-state index contributed by atoms with van der Waals surface area (Å²) in [6.45, 7) is 7.88. The number of guanidine groups is 1. The Labute approximate surface area is 175 Å². The van der Waals surface area contributed by atoms with Gasteiger partial charge < -0.3 is 15.1 Å². The summed E-state index contributed by atoms with van der Waals surface area (Å²) in [5.74, 6) is 0.913. The fourth-order valence-electron chi connectivity index (χ4n) is 3.09. The third-order valence-electron chi connectivity index (χ3n) is 4.54. The van der Waals surface area contributed by atoms with E-state index in [9.17, 15) is 4.79 Å². The van der Waals surface area contributed by atoms with E-state index in [1.807, 2.05) is 47.9 Å². The van der Waals surface area contributed by atoms with Crippen molar-refractivity contribution < 1.29 is 4.79 Å². The van der Waals surface area contributed by atoms with Gasteiger partial charge in [-0.05, 0) is 31.5 Å². The van der Waals surface area contributed by atoms with Crippen LogP contribution >= 0.6 is 22.9 Å². The van der Waals surface area contributed by atoms with Gasteiger partial charge in [-0.3, -0.25) is 9.79 Å². The maximum absolute atomic E-state index is 12.6. The van der Waals surface area contributed by atoms with Gasteiger partial charge in [-0.15, -0.1) is 11.3 Å². The monoisotopic (exact) mass is 419 g/mol. The van der Waals surface area contributed by atoms with E-state index in [4.69, 9.17) is 16.6 Å². The molecule has 1 aliphatic rings. The number of hydrogen-bond acceptors (Lipinski definition) is 4. The number of halogens is 1. The molecule has 1 aromatic carbocycles. The second kappa shape index (κ2) is 9.89. The first-order valence-electron chi connectivity index (χ1n) is 9.51. The summed E-state index contributed by atoms with van der Waals surface area (Å²) >= 11 is 7.60. The standard InChI is InChI=1S/C20H26ClN5OS/c1-3-22-20(23-9-8-18-14-28-15(2)24-18)26-11-10-25(19(27)13-26)12-16-4-6-17(21)7-5-16/h4-7,14H,3,8-13H2,1-2H3,(H,22,23). The average molecular weight is 420 g/mol. The number of amides is 1. The van der Waals surface area contributed by atoms with Crippen molar-refractivity contribution in [2.75, 3.05) is 32.7 Å². The molecule has 1 amide bonds. The minimum Gasteiger partial charge on any atom is -0.357 e. The molecule has 0 bridgehead atoms. The van der Waals surface area contributed by atoms with Crippen LogP contribution in [-0.4, -0.2) is 59.4 Å². The molecule has 150 valence electrons. The lowest BCUT2D eigenvalue weighted by atomic mass is 10.2. The molecule has 1 saturated heterocycles. The van der Waals surface area contributed by atoms with Crippen LogP contribution in [0.25, 0.3) is 0 Å². The van der Waals surface area contributed by atoms with E-state index in [-0.39, 0.29) is 5.91 Å². The van der Waals surface area contributed by atoms with Crippen molar-refractivity contribution in [3.05, 3.63) is 50.9 Å². The van der Waals surface area contributed by atoms with Gasteiger partial charge in [-0.25, -0.2) is 4.98 Å². The van der Waals surface area contributed by atoms with Gasteiger partial charge in [0, 0.05) is 49.5 Å². The molecular formula is C20H26ClN5OS. The highest BCUT2D eigenvalue weighted by Gasteiger charge is 2.25. The molecule has 0 unspecified atom stereocenters. The smallest absolute Gasteiger partial charge is 0.242 e. The first-order valence-corrected chi connectivity index (χ1v) is 10.8. The van der Waals surface area contributed by atoms with E-state index >= 15 is 0 Å². The number of aryl methyl sites for hydroxylation is 1. The number of rotatable bonds is 6. The topological polar surface area (TPSA) is 60.8 Å². The molecule has 0 saturated carbocycles. The SMILES string of the molecule is CCNC(=NCCc1csc(C)n1)N1CCN(Cc2ccc(Cl)cc2)C(=O)C1. The molecule has 28 heavy (non-hydrogen) atoms. The molecule has 2 heterocycles. The van der Waals surface area contributed by atoms with Gasteiger partial charge >= 0.3 is 0 Å². The van der Waals surface area contributed by atoms with Crippen LogP contribution in [0.3, 0.4) is 0 Å². The van der Waals surface area contributed by atoms with Crippen molar-refractivity contribution in [3.63, 3.8) is 0 Å². The van der Waals surface area contributed by atoms with E-state index in [0.717, 1.165) is 41.7 Å². The number of benzene rings is 1. The first-order chi connectivity index (χ1) is 13.5. The molecule has 2 aromatic rings. The fraction of sp³-hybridized carbons (Fsp3) is 0.450. The van der Waals surface area contributed by atoms with Crippen LogP contribution in [-0.2, 0) is 17.8 Å². The van der Waals surface area contributed by atoms with E-state index in [1.165, 1.54) is 0 Å². The Hall–Kier alpha value is -2.12. The average Bonchev–Trinajstić information content (AvgIpc) is 3.09. The Balaban J connectivity index is 1.56. The Bertz CT molecular complexity index is 820. The molecule has 0 radical (unpaired) electrons. The predicted molar refractivity (Wildman–Crippen MR) is 115 cm³/mol. The van der Waals surface area contributed by atoms with Crippen molar-refractivity contribution in [1.29, 1.82) is 0 Å². The minimum absolute atomic E-state index is 0.113. The second-order valence-electron chi connectivity index (χ2n) is 6.71. The second-order valence-corrected chi connectivity index (χ2v) is 8.21. The molecule has 6 nitrogen and oxygen atoms in total. The van der Waals surface area contributed by atoms with Gasteiger partial charge in [0.05, 0.1) is 17.2 Å². The lowest BCUT2D eigenvalue weighted by molar-refractivity contribution is -0.135. The summed E-state index contributed by atoms with van der Waals surface area (Å²) < 4.78 is 0. The number of piperazine rings is 1. The number of hydrogen-bond donors (Lipinski definition) is 1. The Morgan fingerprint density at radius 1 is 1.32 bits per heavy atom.